The third-order valence-electron chi connectivity index (χ3n) is 2.32. The Morgan fingerprint density at radius 3 is 2.71 bits per heavy atom. The highest BCUT2D eigenvalue weighted by atomic mass is 32.2. The lowest BCUT2D eigenvalue weighted by molar-refractivity contribution is -0.385. The van der Waals surface area contributed by atoms with Gasteiger partial charge in [-0.1, -0.05) is 6.92 Å². The van der Waals surface area contributed by atoms with Crippen LogP contribution in [0.15, 0.2) is 18.2 Å². The van der Waals surface area contributed by atoms with Crippen molar-refractivity contribution in [2.75, 3.05) is 24.2 Å². The maximum atomic E-state index is 12.0. The zero-order valence-electron chi connectivity index (χ0n) is 11.3. The Labute approximate surface area is 124 Å². The minimum atomic E-state index is -4.26. The molecule has 0 heterocycles. The number of nitrogens with zero attached hydrogens (tertiary/aromatic N) is 1. The quantitative estimate of drug-likeness (QED) is 0.444. The molecule has 1 rings (SSSR count). The van der Waals surface area contributed by atoms with Gasteiger partial charge in [0.2, 0.25) is 0 Å². The molecule has 0 unspecified atom stereocenters. The number of hydrogen-bond acceptors (Lipinski definition) is 5. The Hall–Kier alpha value is -1.64. The van der Waals surface area contributed by atoms with Crippen LogP contribution < -0.4 is 10.1 Å². The van der Waals surface area contributed by atoms with Crippen LogP contribution in [0.5, 0.6) is 5.75 Å². The zero-order valence-corrected chi connectivity index (χ0v) is 12.1. The lowest BCUT2D eigenvalue weighted by Crippen LogP contribution is -2.09. The van der Waals surface area contributed by atoms with Gasteiger partial charge in [0.25, 0.3) is 0 Å². The lowest BCUT2D eigenvalue weighted by atomic mass is 10.2. The minimum Gasteiger partial charge on any atom is -0.487 e. The monoisotopic (exact) mass is 324 g/mol. The molecule has 5 nitrogen and oxygen atoms in total. The Balaban J connectivity index is 2.64. The molecule has 21 heavy (non-hydrogen) atoms. The highest BCUT2D eigenvalue weighted by Gasteiger charge is 2.27. The summed E-state index contributed by atoms with van der Waals surface area (Å²) in [6, 6.07) is 4.13. The first kappa shape index (κ1) is 17.4. The molecule has 0 aromatic heterocycles. The van der Waals surface area contributed by atoms with Crippen molar-refractivity contribution in [2.24, 2.45) is 0 Å². The van der Waals surface area contributed by atoms with Crippen LogP contribution in [-0.2, 0) is 0 Å². The Morgan fingerprint density at radius 2 is 2.14 bits per heavy atom. The van der Waals surface area contributed by atoms with Crippen molar-refractivity contribution >= 4 is 23.1 Å². The fraction of sp³-hybridized carbons (Fsp3) is 0.500. The molecule has 0 radical (unpaired) electrons. The van der Waals surface area contributed by atoms with Crippen molar-refractivity contribution in [3.05, 3.63) is 28.3 Å². The molecule has 0 aliphatic carbocycles. The van der Waals surface area contributed by atoms with E-state index in [4.69, 9.17) is 4.74 Å². The van der Waals surface area contributed by atoms with Gasteiger partial charge in [-0.25, -0.2) is 0 Å². The average Bonchev–Trinajstić information content (AvgIpc) is 2.40. The highest BCUT2D eigenvalue weighted by molar-refractivity contribution is 8.00. The Kier molecular flexibility index (Phi) is 6.60. The van der Waals surface area contributed by atoms with E-state index in [9.17, 15) is 23.3 Å². The van der Waals surface area contributed by atoms with Gasteiger partial charge in [-0.2, -0.15) is 13.2 Å². The summed E-state index contributed by atoms with van der Waals surface area (Å²) in [6.07, 6.45) is 0.692. The van der Waals surface area contributed by atoms with Gasteiger partial charge < -0.3 is 10.1 Å². The number of nitrogens with one attached hydrogen (secondary N) is 1. The molecule has 118 valence electrons. The first-order chi connectivity index (χ1) is 9.83. The second kappa shape index (κ2) is 7.96. The first-order valence-electron chi connectivity index (χ1n) is 6.19. The molecule has 9 heteroatoms. The summed E-state index contributed by atoms with van der Waals surface area (Å²) in [4.78, 5) is 10.3. The van der Waals surface area contributed by atoms with Crippen molar-refractivity contribution in [3.63, 3.8) is 0 Å². The van der Waals surface area contributed by atoms with E-state index in [-0.39, 0.29) is 35.5 Å². The zero-order chi connectivity index (χ0) is 15.9. The smallest absolute Gasteiger partial charge is 0.441 e. The summed E-state index contributed by atoms with van der Waals surface area (Å²) >= 11 is -0.123. The van der Waals surface area contributed by atoms with E-state index in [1.807, 2.05) is 6.92 Å². The summed E-state index contributed by atoms with van der Waals surface area (Å²) in [5, 5.41) is 13.6. The number of ether oxygens (including phenoxy) is 1. The maximum Gasteiger partial charge on any atom is 0.441 e. The van der Waals surface area contributed by atoms with E-state index in [1.54, 1.807) is 0 Å². The molecule has 0 fully saturated rings. The molecule has 0 spiro atoms. The lowest BCUT2D eigenvalue weighted by Gasteiger charge is -2.10. The highest BCUT2D eigenvalue weighted by Crippen LogP contribution is 2.31. The van der Waals surface area contributed by atoms with Gasteiger partial charge >= 0.3 is 11.2 Å². The number of hydrogen-bond donors (Lipinski definition) is 1. The van der Waals surface area contributed by atoms with Crippen LogP contribution in [0.1, 0.15) is 13.3 Å². The molecule has 1 aromatic carbocycles. The van der Waals surface area contributed by atoms with E-state index in [0.29, 0.717) is 18.7 Å². The summed E-state index contributed by atoms with van der Waals surface area (Å²) in [5.74, 6) is -0.0404. The summed E-state index contributed by atoms with van der Waals surface area (Å²) in [7, 11) is 0. The van der Waals surface area contributed by atoms with E-state index >= 15 is 0 Å². The fourth-order valence-electron chi connectivity index (χ4n) is 1.46. The van der Waals surface area contributed by atoms with Gasteiger partial charge in [0.15, 0.2) is 5.75 Å². The molecule has 0 bridgehead atoms. The van der Waals surface area contributed by atoms with Crippen LogP contribution in [-0.4, -0.2) is 29.3 Å². The maximum absolute atomic E-state index is 12.0. The van der Waals surface area contributed by atoms with Crippen molar-refractivity contribution < 1.29 is 22.8 Å². The normalized spacial score (nSPS) is 11.2. The van der Waals surface area contributed by atoms with Gasteiger partial charge in [-0.15, -0.1) is 0 Å². The fourth-order valence-corrected chi connectivity index (χ4v) is 1.90. The average molecular weight is 324 g/mol. The third kappa shape index (κ3) is 6.56. The van der Waals surface area contributed by atoms with E-state index in [1.165, 1.54) is 18.2 Å². The van der Waals surface area contributed by atoms with Gasteiger partial charge in [0, 0.05) is 30.1 Å². The number of nitro benzene ring substituents is 1. The van der Waals surface area contributed by atoms with Crippen molar-refractivity contribution in [3.8, 4) is 5.75 Å². The topological polar surface area (TPSA) is 64.4 Å². The van der Waals surface area contributed by atoms with Crippen molar-refractivity contribution in [1.29, 1.82) is 0 Å². The van der Waals surface area contributed by atoms with Gasteiger partial charge in [0.1, 0.15) is 0 Å². The molecule has 0 amide bonds. The summed E-state index contributed by atoms with van der Waals surface area (Å²) < 4.78 is 41.2. The third-order valence-corrected chi connectivity index (χ3v) is 3.05. The second-order valence-corrected chi connectivity index (χ2v) is 5.17. The number of benzene rings is 1. The van der Waals surface area contributed by atoms with E-state index < -0.39 is 10.4 Å². The molecular formula is C12H15F3N2O3S. The van der Waals surface area contributed by atoms with Crippen LogP contribution in [0.3, 0.4) is 0 Å². The molecule has 1 N–H and O–H groups in total. The predicted octanol–water partition coefficient (Wildman–Crippen LogP) is 4.05. The summed E-state index contributed by atoms with van der Waals surface area (Å²) in [6.45, 7) is 2.28. The molecule has 1 aromatic rings. The van der Waals surface area contributed by atoms with Crippen LogP contribution in [0.4, 0.5) is 24.5 Å². The van der Waals surface area contributed by atoms with Crippen molar-refractivity contribution in [2.45, 2.75) is 18.9 Å². The predicted molar refractivity (Wildman–Crippen MR) is 75.9 cm³/mol. The van der Waals surface area contributed by atoms with Crippen LogP contribution in [0.25, 0.3) is 0 Å². The number of nitro groups is 1. The van der Waals surface area contributed by atoms with Gasteiger partial charge in [0.05, 0.1) is 11.5 Å². The molecule has 0 aliphatic heterocycles. The largest absolute Gasteiger partial charge is 0.487 e. The van der Waals surface area contributed by atoms with Crippen LogP contribution in [0, 0.1) is 10.1 Å². The van der Waals surface area contributed by atoms with Crippen molar-refractivity contribution in [1.82, 2.24) is 0 Å². The van der Waals surface area contributed by atoms with Gasteiger partial charge in [-0.3, -0.25) is 10.1 Å². The van der Waals surface area contributed by atoms with Gasteiger partial charge in [-0.05, 0) is 24.2 Å². The first-order valence-corrected chi connectivity index (χ1v) is 7.18. The molecule has 0 saturated carbocycles. The molecular weight excluding hydrogens is 309 g/mol. The number of anilines is 1. The number of rotatable bonds is 8. The molecule has 0 atom stereocenters. The number of alkyl halides is 3. The number of thioether (sulfide) groups is 1. The number of halogens is 3. The minimum absolute atomic E-state index is 0.0925. The van der Waals surface area contributed by atoms with Crippen LogP contribution >= 0.6 is 11.8 Å². The molecule has 0 aliphatic rings. The Bertz CT molecular complexity index is 483. The second-order valence-electron chi connectivity index (χ2n) is 4.01. The van der Waals surface area contributed by atoms with E-state index in [0.717, 1.165) is 0 Å². The molecule has 0 saturated heterocycles. The van der Waals surface area contributed by atoms with Crippen LogP contribution in [0.2, 0.25) is 0 Å². The standard InChI is InChI=1S/C12H15F3N2O3S/c1-2-6-20-11-8-9(3-4-10(11)17(18)19)16-5-7-21-12(13,14)15/h3-4,8,16H,2,5-7H2,1H3. The van der Waals surface area contributed by atoms with E-state index in [2.05, 4.69) is 5.32 Å². The Morgan fingerprint density at radius 1 is 1.43 bits per heavy atom. The summed E-state index contributed by atoms with van der Waals surface area (Å²) in [5.41, 5.74) is -3.94. The SMILES string of the molecule is CCCOc1cc(NCCSC(F)(F)F)ccc1[N+](=O)[O-].